The van der Waals surface area contributed by atoms with Crippen molar-refractivity contribution in [3.05, 3.63) is 89.8 Å². The van der Waals surface area contributed by atoms with E-state index in [4.69, 9.17) is 10.5 Å². The number of aromatic amines is 1. The van der Waals surface area contributed by atoms with E-state index in [1.807, 2.05) is 37.3 Å². The van der Waals surface area contributed by atoms with Gasteiger partial charge in [-0.05, 0) is 59.5 Å². The molecule has 2 aromatic carbocycles. The monoisotopic (exact) mass is 467 g/mol. The van der Waals surface area contributed by atoms with Gasteiger partial charge in [-0.25, -0.2) is 9.37 Å². The quantitative estimate of drug-likeness (QED) is 0.323. The van der Waals surface area contributed by atoms with Crippen molar-refractivity contribution in [2.45, 2.75) is 6.92 Å². The lowest BCUT2D eigenvalue weighted by atomic mass is 9.94. The largest absolute Gasteiger partial charge is 0.506 e. The number of nitrogens with zero attached hydrogens (tertiary/aromatic N) is 3. The van der Waals surface area contributed by atoms with Gasteiger partial charge in [-0.15, -0.1) is 0 Å². The number of hydrogen-bond acceptors (Lipinski definition) is 6. The van der Waals surface area contributed by atoms with Crippen LogP contribution in [0.3, 0.4) is 0 Å². The number of pyridine rings is 2. The number of fused-ring (bicyclic) bond motifs is 1. The zero-order chi connectivity index (χ0) is 24.5. The average molecular weight is 468 g/mol. The number of aromatic hydroxyl groups is 1. The van der Waals surface area contributed by atoms with Crippen LogP contribution in [0.15, 0.2) is 67.1 Å². The van der Waals surface area contributed by atoms with E-state index in [9.17, 15) is 9.50 Å². The molecule has 3 aromatic heterocycles. The molecule has 7 nitrogen and oxygen atoms in total. The standard InChI is InChI=1S/C27H22FN5O2/c1-15-4-3-5-22(16-6-19(28)10-21(8-16)35-2)23(15)11-25(29)26-24-9-18(13-31-27(24)33-32-26)17-7-20(34)14-30-12-17/h3-14,34H,29H2,1-2H3,(H,31,32,33)/b25-11-. The van der Waals surface area contributed by atoms with Gasteiger partial charge in [0.25, 0.3) is 0 Å². The first-order chi connectivity index (χ1) is 16.9. The highest BCUT2D eigenvalue weighted by molar-refractivity contribution is 5.96. The SMILES string of the molecule is COc1cc(F)cc(-c2cccc(C)c2/C=C(\N)c2[nH]nc3ncc(-c4cncc(O)c4)cc23)c1. The van der Waals surface area contributed by atoms with Crippen molar-refractivity contribution in [1.82, 2.24) is 20.2 Å². The molecule has 174 valence electrons. The molecule has 0 fully saturated rings. The van der Waals surface area contributed by atoms with Crippen LogP contribution in [0.2, 0.25) is 0 Å². The Morgan fingerprint density at radius 3 is 2.69 bits per heavy atom. The van der Waals surface area contributed by atoms with Gasteiger partial charge in [0.1, 0.15) is 17.3 Å². The molecule has 0 radical (unpaired) electrons. The third-order valence-electron chi connectivity index (χ3n) is 5.80. The summed E-state index contributed by atoms with van der Waals surface area (Å²) in [6.45, 7) is 1.97. The van der Waals surface area contributed by atoms with Crippen molar-refractivity contribution in [2.24, 2.45) is 5.73 Å². The van der Waals surface area contributed by atoms with Gasteiger partial charge in [-0.3, -0.25) is 10.1 Å². The third kappa shape index (κ3) is 4.29. The number of aromatic nitrogens is 4. The molecular formula is C27H22FN5O2. The van der Waals surface area contributed by atoms with E-state index in [0.29, 0.717) is 28.4 Å². The molecule has 0 atom stereocenters. The molecule has 3 heterocycles. The molecule has 0 saturated heterocycles. The molecular weight excluding hydrogens is 445 g/mol. The highest BCUT2D eigenvalue weighted by Gasteiger charge is 2.14. The number of rotatable bonds is 5. The molecule has 35 heavy (non-hydrogen) atoms. The van der Waals surface area contributed by atoms with Gasteiger partial charge < -0.3 is 15.6 Å². The normalized spacial score (nSPS) is 11.7. The van der Waals surface area contributed by atoms with E-state index < -0.39 is 0 Å². The maximum Gasteiger partial charge on any atom is 0.181 e. The molecule has 0 unspecified atom stereocenters. The summed E-state index contributed by atoms with van der Waals surface area (Å²) in [4.78, 5) is 8.45. The third-order valence-corrected chi connectivity index (χ3v) is 5.80. The van der Waals surface area contributed by atoms with E-state index in [0.717, 1.165) is 33.2 Å². The van der Waals surface area contributed by atoms with E-state index in [2.05, 4.69) is 20.2 Å². The van der Waals surface area contributed by atoms with Gasteiger partial charge in [0.15, 0.2) is 5.65 Å². The lowest BCUT2D eigenvalue weighted by Crippen LogP contribution is -1.99. The van der Waals surface area contributed by atoms with E-state index in [-0.39, 0.29) is 11.6 Å². The Bertz CT molecular complexity index is 1590. The summed E-state index contributed by atoms with van der Waals surface area (Å²) < 4.78 is 19.5. The van der Waals surface area contributed by atoms with Gasteiger partial charge in [-0.2, -0.15) is 5.10 Å². The van der Waals surface area contributed by atoms with Crippen molar-refractivity contribution in [3.63, 3.8) is 0 Å². The van der Waals surface area contributed by atoms with Crippen molar-refractivity contribution >= 4 is 22.8 Å². The number of benzene rings is 2. The Morgan fingerprint density at radius 1 is 1.06 bits per heavy atom. The lowest BCUT2D eigenvalue weighted by molar-refractivity contribution is 0.411. The maximum atomic E-state index is 14.2. The van der Waals surface area contributed by atoms with Gasteiger partial charge in [0.2, 0.25) is 0 Å². The van der Waals surface area contributed by atoms with Crippen LogP contribution in [0.1, 0.15) is 16.8 Å². The summed E-state index contributed by atoms with van der Waals surface area (Å²) in [5.74, 6) is 0.114. The Kier molecular flexibility index (Phi) is 5.62. The molecule has 0 bridgehead atoms. The predicted octanol–water partition coefficient (Wildman–Crippen LogP) is 5.31. The summed E-state index contributed by atoms with van der Waals surface area (Å²) in [5, 5.41) is 17.8. The maximum absolute atomic E-state index is 14.2. The first-order valence-electron chi connectivity index (χ1n) is 10.8. The Labute approximate surface area is 200 Å². The lowest BCUT2D eigenvalue weighted by Gasteiger charge is -2.12. The molecule has 0 aliphatic carbocycles. The molecule has 0 aliphatic heterocycles. The zero-order valence-corrected chi connectivity index (χ0v) is 19.1. The minimum absolute atomic E-state index is 0.0653. The summed E-state index contributed by atoms with van der Waals surface area (Å²) in [6, 6.07) is 13.9. The Hall–Kier alpha value is -4.72. The van der Waals surface area contributed by atoms with Gasteiger partial charge >= 0.3 is 0 Å². The number of H-pyrrole nitrogens is 1. The topological polar surface area (TPSA) is 110 Å². The number of methoxy groups -OCH3 is 1. The fraction of sp³-hybridized carbons (Fsp3) is 0.0741. The molecule has 0 saturated carbocycles. The minimum Gasteiger partial charge on any atom is -0.506 e. The highest BCUT2D eigenvalue weighted by Crippen LogP contribution is 2.33. The van der Waals surface area contributed by atoms with Crippen molar-refractivity contribution in [2.75, 3.05) is 7.11 Å². The van der Waals surface area contributed by atoms with Gasteiger partial charge in [0.05, 0.1) is 24.7 Å². The fourth-order valence-corrected chi connectivity index (χ4v) is 4.05. The molecule has 0 amide bonds. The summed E-state index contributed by atoms with van der Waals surface area (Å²) in [7, 11) is 1.51. The van der Waals surface area contributed by atoms with Gasteiger partial charge in [-0.1, -0.05) is 18.2 Å². The number of nitrogens with two attached hydrogens (primary N) is 1. The van der Waals surface area contributed by atoms with Crippen LogP contribution in [-0.2, 0) is 0 Å². The van der Waals surface area contributed by atoms with E-state index >= 15 is 0 Å². The highest BCUT2D eigenvalue weighted by atomic mass is 19.1. The molecule has 5 rings (SSSR count). The summed E-state index contributed by atoms with van der Waals surface area (Å²) in [6.07, 6.45) is 6.53. The van der Waals surface area contributed by atoms with Crippen molar-refractivity contribution in [3.8, 4) is 33.8 Å². The molecule has 4 N–H and O–H groups in total. The number of ether oxygens (including phenoxy) is 1. The van der Waals surface area contributed by atoms with E-state index in [1.165, 1.54) is 25.4 Å². The Morgan fingerprint density at radius 2 is 1.89 bits per heavy atom. The smallest absolute Gasteiger partial charge is 0.181 e. The fourth-order valence-electron chi connectivity index (χ4n) is 4.05. The first-order valence-corrected chi connectivity index (χ1v) is 10.8. The molecule has 0 aliphatic rings. The van der Waals surface area contributed by atoms with Crippen LogP contribution in [0.4, 0.5) is 4.39 Å². The van der Waals surface area contributed by atoms with Gasteiger partial charge in [0, 0.05) is 35.0 Å². The summed E-state index contributed by atoms with van der Waals surface area (Å²) in [5.41, 5.74) is 12.9. The minimum atomic E-state index is -0.386. The van der Waals surface area contributed by atoms with Crippen LogP contribution in [-0.4, -0.2) is 32.4 Å². The number of nitrogens with one attached hydrogen (secondary N) is 1. The van der Waals surface area contributed by atoms with Crippen LogP contribution in [0.25, 0.3) is 45.1 Å². The second-order valence-corrected chi connectivity index (χ2v) is 8.14. The summed E-state index contributed by atoms with van der Waals surface area (Å²) >= 11 is 0. The molecule has 8 heteroatoms. The Balaban J connectivity index is 1.62. The van der Waals surface area contributed by atoms with Crippen LogP contribution in [0, 0.1) is 12.7 Å². The van der Waals surface area contributed by atoms with Crippen molar-refractivity contribution in [1.29, 1.82) is 0 Å². The van der Waals surface area contributed by atoms with Crippen LogP contribution >= 0.6 is 0 Å². The van der Waals surface area contributed by atoms with Crippen LogP contribution in [0.5, 0.6) is 11.5 Å². The number of halogens is 1. The average Bonchev–Trinajstić information content (AvgIpc) is 3.28. The number of aryl methyl sites for hydroxylation is 1. The second-order valence-electron chi connectivity index (χ2n) is 8.14. The van der Waals surface area contributed by atoms with Crippen LogP contribution < -0.4 is 10.5 Å². The number of hydrogen-bond donors (Lipinski definition) is 3. The molecule has 5 aromatic rings. The molecule has 0 spiro atoms. The van der Waals surface area contributed by atoms with E-state index in [1.54, 1.807) is 24.5 Å². The zero-order valence-electron chi connectivity index (χ0n) is 19.1. The second kappa shape index (κ2) is 8.90. The van der Waals surface area contributed by atoms with Crippen molar-refractivity contribution < 1.29 is 14.2 Å². The predicted molar refractivity (Wildman–Crippen MR) is 134 cm³/mol. The first kappa shape index (κ1) is 22.1.